The number of nitrogens with one attached hydrogen (secondary N) is 1. The third-order valence-electron chi connectivity index (χ3n) is 5.24. The minimum Gasteiger partial charge on any atom is -0.354 e. The quantitative estimate of drug-likeness (QED) is 0.469. The molecule has 1 atom stereocenters. The Balaban J connectivity index is 2.44. The molecule has 0 saturated heterocycles. The van der Waals surface area contributed by atoms with Crippen LogP contribution in [0.1, 0.15) is 37.8 Å². The second kappa shape index (κ2) is 12.4. The smallest absolute Gasteiger partial charge is 0.244 e. The Hall–Kier alpha value is -2.29. The molecular weight excluding hydrogens is 497 g/mol. The summed E-state index contributed by atoms with van der Waals surface area (Å²) in [5.74, 6) is -0.796. The minimum atomic E-state index is -3.77. The van der Waals surface area contributed by atoms with E-state index < -0.39 is 28.5 Å². The number of sulfonamides is 1. The molecule has 7 nitrogen and oxygen atoms in total. The molecule has 186 valence electrons. The van der Waals surface area contributed by atoms with E-state index in [1.54, 1.807) is 43.3 Å². The number of carbonyl (C=O) groups is 2. The van der Waals surface area contributed by atoms with E-state index in [9.17, 15) is 18.0 Å². The van der Waals surface area contributed by atoms with Crippen molar-refractivity contribution in [2.24, 2.45) is 0 Å². The number of nitrogens with zero attached hydrogens (tertiary/aromatic N) is 2. The molecule has 0 aromatic heterocycles. The Kier molecular flexibility index (Phi) is 10.2. The van der Waals surface area contributed by atoms with Gasteiger partial charge in [0.2, 0.25) is 21.8 Å². The Morgan fingerprint density at radius 1 is 1.06 bits per heavy atom. The molecule has 0 aliphatic rings. The first kappa shape index (κ1) is 28.0. The van der Waals surface area contributed by atoms with E-state index in [2.05, 4.69) is 5.32 Å². The molecule has 2 aromatic carbocycles. The monoisotopic (exact) mass is 527 g/mol. The highest BCUT2D eigenvalue weighted by atomic mass is 35.5. The van der Waals surface area contributed by atoms with Crippen LogP contribution in [0.15, 0.2) is 42.5 Å². The van der Waals surface area contributed by atoms with Crippen LogP contribution < -0.4 is 9.62 Å². The van der Waals surface area contributed by atoms with Crippen LogP contribution in [0.25, 0.3) is 0 Å². The molecule has 0 spiro atoms. The zero-order chi connectivity index (χ0) is 25.5. The van der Waals surface area contributed by atoms with E-state index in [1.807, 2.05) is 19.9 Å². The molecule has 1 unspecified atom stereocenters. The van der Waals surface area contributed by atoms with E-state index in [0.717, 1.165) is 22.5 Å². The number of anilines is 1. The first-order valence-corrected chi connectivity index (χ1v) is 13.6. The van der Waals surface area contributed by atoms with Crippen LogP contribution in [0.3, 0.4) is 0 Å². The van der Waals surface area contributed by atoms with Crippen molar-refractivity contribution in [3.8, 4) is 0 Å². The number of aryl methyl sites for hydroxylation is 1. The highest BCUT2D eigenvalue weighted by Gasteiger charge is 2.31. The van der Waals surface area contributed by atoms with Crippen molar-refractivity contribution in [3.63, 3.8) is 0 Å². The molecule has 0 aliphatic carbocycles. The van der Waals surface area contributed by atoms with Crippen LogP contribution in [0, 0.1) is 6.92 Å². The van der Waals surface area contributed by atoms with Gasteiger partial charge in [0.15, 0.2) is 0 Å². The molecule has 2 amide bonds. The fourth-order valence-electron chi connectivity index (χ4n) is 3.52. The van der Waals surface area contributed by atoms with Gasteiger partial charge in [-0.2, -0.15) is 0 Å². The fraction of sp³-hybridized carbons (Fsp3) is 0.417. The average Bonchev–Trinajstić information content (AvgIpc) is 2.77. The molecule has 10 heteroatoms. The summed E-state index contributed by atoms with van der Waals surface area (Å²) in [4.78, 5) is 27.9. The first-order chi connectivity index (χ1) is 16.0. The summed E-state index contributed by atoms with van der Waals surface area (Å²) in [6.45, 7) is 5.68. The van der Waals surface area contributed by atoms with Gasteiger partial charge in [-0.15, -0.1) is 0 Å². The Bertz CT molecular complexity index is 1120. The molecule has 2 rings (SSSR count). The van der Waals surface area contributed by atoms with Crippen molar-refractivity contribution >= 4 is 50.7 Å². The van der Waals surface area contributed by atoms with E-state index in [1.165, 1.54) is 4.90 Å². The summed E-state index contributed by atoms with van der Waals surface area (Å²) in [7, 11) is -3.77. The summed E-state index contributed by atoms with van der Waals surface area (Å²) < 4.78 is 26.3. The number of hydrogen-bond donors (Lipinski definition) is 1. The van der Waals surface area contributed by atoms with Gasteiger partial charge in [0, 0.05) is 13.1 Å². The van der Waals surface area contributed by atoms with E-state index in [-0.39, 0.29) is 12.5 Å². The van der Waals surface area contributed by atoms with Crippen molar-refractivity contribution in [2.75, 3.05) is 23.7 Å². The van der Waals surface area contributed by atoms with Gasteiger partial charge in [0.05, 0.1) is 22.0 Å². The second-order valence-corrected chi connectivity index (χ2v) is 10.8. The van der Waals surface area contributed by atoms with Crippen LogP contribution in [-0.4, -0.2) is 50.5 Å². The zero-order valence-corrected chi connectivity index (χ0v) is 22.2. The number of hydrogen-bond acceptors (Lipinski definition) is 4. The summed E-state index contributed by atoms with van der Waals surface area (Å²) >= 11 is 12.2. The molecular formula is C24H31Cl2N3O4S. The van der Waals surface area contributed by atoms with Gasteiger partial charge in [0.1, 0.15) is 12.6 Å². The van der Waals surface area contributed by atoms with Crippen LogP contribution in [0.5, 0.6) is 0 Å². The minimum absolute atomic E-state index is 0.0686. The van der Waals surface area contributed by atoms with Crippen molar-refractivity contribution in [2.45, 2.75) is 46.2 Å². The number of rotatable bonds is 11. The highest BCUT2D eigenvalue weighted by Crippen LogP contribution is 2.25. The summed E-state index contributed by atoms with van der Waals surface area (Å²) in [6, 6.07) is 11.1. The van der Waals surface area contributed by atoms with Gasteiger partial charge in [-0.3, -0.25) is 13.9 Å². The molecule has 2 aromatic rings. The lowest BCUT2D eigenvalue weighted by molar-refractivity contribution is -0.140. The Labute approximate surface area is 212 Å². The number of amides is 2. The first-order valence-electron chi connectivity index (χ1n) is 11.0. The van der Waals surface area contributed by atoms with E-state index in [0.29, 0.717) is 34.3 Å². The predicted molar refractivity (Wildman–Crippen MR) is 138 cm³/mol. The maximum atomic E-state index is 13.6. The summed E-state index contributed by atoms with van der Waals surface area (Å²) in [6.07, 6.45) is 2.15. The van der Waals surface area contributed by atoms with Gasteiger partial charge in [-0.05, 0) is 55.2 Å². The van der Waals surface area contributed by atoms with Crippen LogP contribution in [0.2, 0.25) is 10.0 Å². The van der Waals surface area contributed by atoms with Gasteiger partial charge in [0.25, 0.3) is 0 Å². The van der Waals surface area contributed by atoms with Crippen molar-refractivity contribution < 1.29 is 18.0 Å². The third kappa shape index (κ3) is 7.61. The van der Waals surface area contributed by atoms with Crippen LogP contribution in [0.4, 0.5) is 5.69 Å². The van der Waals surface area contributed by atoms with Crippen LogP contribution >= 0.6 is 23.2 Å². The molecule has 1 N–H and O–H groups in total. The Morgan fingerprint density at radius 3 is 2.32 bits per heavy atom. The third-order valence-corrected chi connectivity index (χ3v) is 7.12. The molecule has 0 radical (unpaired) electrons. The molecule has 0 heterocycles. The van der Waals surface area contributed by atoms with Gasteiger partial charge in [-0.25, -0.2) is 8.42 Å². The lowest BCUT2D eigenvalue weighted by Gasteiger charge is -2.33. The van der Waals surface area contributed by atoms with Crippen molar-refractivity contribution in [1.82, 2.24) is 10.2 Å². The fourth-order valence-corrected chi connectivity index (χ4v) is 4.68. The number of halogens is 2. The molecule has 0 fully saturated rings. The number of benzene rings is 2. The van der Waals surface area contributed by atoms with Gasteiger partial charge in [-0.1, -0.05) is 55.2 Å². The summed E-state index contributed by atoms with van der Waals surface area (Å²) in [5.41, 5.74) is 1.91. The van der Waals surface area contributed by atoms with Gasteiger partial charge < -0.3 is 10.2 Å². The maximum Gasteiger partial charge on any atom is 0.244 e. The molecule has 0 aliphatic heterocycles. The largest absolute Gasteiger partial charge is 0.354 e. The van der Waals surface area contributed by atoms with Crippen LogP contribution in [-0.2, 0) is 26.2 Å². The second-order valence-electron chi connectivity index (χ2n) is 8.09. The van der Waals surface area contributed by atoms with Crippen molar-refractivity contribution in [3.05, 3.63) is 63.6 Å². The zero-order valence-electron chi connectivity index (χ0n) is 19.8. The highest BCUT2D eigenvalue weighted by molar-refractivity contribution is 7.92. The maximum absolute atomic E-state index is 13.6. The summed E-state index contributed by atoms with van der Waals surface area (Å²) in [5, 5.41) is 3.54. The predicted octanol–water partition coefficient (Wildman–Crippen LogP) is 4.40. The lowest BCUT2D eigenvalue weighted by Crippen LogP contribution is -2.52. The molecule has 34 heavy (non-hydrogen) atoms. The normalized spacial score (nSPS) is 12.2. The standard InChI is InChI=1S/C24H31Cl2N3O4S/c1-5-12-27-24(31)22(6-2)28(15-18-10-11-20(25)21(26)14-18)23(30)16-29(34(4,32)33)19-9-7-8-17(3)13-19/h7-11,13-14,22H,5-6,12,15-16H2,1-4H3,(H,27,31). The topological polar surface area (TPSA) is 86.8 Å². The van der Waals surface area contributed by atoms with Gasteiger partial charge >= 0.3 is 0 Å². The molecule has 0 bridgehead atoms. The van der Waals surface area contributed by atoms with Crippen molar-refractivity contribution in [1.29, 1.82) is 0 Å². The SMILES string of the molecule is CCCNC(=O)C(CC)N(Cc1ccc(Cl)c(Cl)c1)C(=O)CN(c1cccc(C)c1)S(C)(=O)=O. The lowest BCUT2D eigenvalue weighted by atomic mass is 10.1. The molecule has 0 saturated carbocycles. The van der Waals surface area contributed by atoms with E-state index in [4.69, 9.17) is 23.2 Å². The Morgan fingerprint density at radius 2 is 1.76 bits per heavy atom. The number of carbonyl (C=O) groups excluding carboxylic acids is 2. The van der Waals surface area contributed by atoms with E-state index >= 15 is 0 Å². The average molecular weight is 529 g/mol.